The Labute approximate surface area is 170 Å². The molecule has 0 saturated heterocycles. The Balaban J connectivity index is 1.57. The van der Waals surface area contributed by atoms with Crippen LogP contribution in [0.2, 0.25) is 0 Å². The number of benzene rings is 2. The average molecular weight is 412 g/mol. The molecule has 2 N–H and O–H groups in total. The number of thioether (sulfide) groups is 1. The van der Waals surface area contributed by atoms with E-state index in [1.807, 2.05) is 24.3 Å². The second-order valence-electron chi connectivity index (χ2n) is 5.67. The molecule has 0 spiro atoms. The molecular weight excluding hydrogens is 394 g/mol. The minimum absolute atomic E-state index is 0.167. The number of aromatic nitrogens is 2. The maximum absolute atomic E-state index is 12.4. The van der Waals surface area contributed by atoms with Gasteiger partial charge in [0, 0.05) is 11.4 Å². The standard InChI is InChI=1S/C19H17N5O2S2/c1-12(17(25)21-15-5-3-4-13(10-15)11-20)27-19-24-23-18(28-19)22-14-6-8-16(26-2)9-7-14/h3-10,12H,1-2H3,(H,21,25)(H,22,23)/t12-/m1/s1. The molecule has 0 fully saturated rings. The first kappa shape index (κ1) is 19.7. The lowest BCUT2D eigenvalue weighted by Gasteiger charge is -2.10. The van der Waals surface area contributed by atoms with Crippen molar-refractivity contribution in [1.29, 1.82) is 5.26 Å². The number of hydrogen-bond acceptors (Lipinski definition) is 8. The van der Waals surface area contributed by atoms with Crippen LogP contribution in [0.3, 0.4) is 0 Å². The van der Waals surface area contributed by atoms with Crippen molar-refractivity contribution in [1.82, 2.24) is 10.2 Å². The van der Waals surface area contributed by atoms with Crippen LogP contribution in [0.4, 0.5) is 16.5 Å². The second-order valence-corrected chi connectivity index (χ2v) is 8.23. The molecule has 3 rings (SSSR count). The van der Waals surface area contributed by atoms with Crippen molar-refractivity contribution in [3.05, 3.63) is 54.1 Å². The summed E-state index contributed by atoms with van der Waals surface area (Å²) in [6.45, 7) is 1.80. The summed E-state index contributed by atoms with van der Waals surface area (Å²) in [4.78, 5) is 12.4. The smallest absolute Gasteiger partial charge is 0.237 e. The zero-order chi connectivity index (χ0) is 19.9. The first-order chi connectivity index (χ1) is 13.6. The van der Waals surface area contributed by atoms with Gasteiger partial charge in [0.1, 0.15) is 5.75 Å². The van der Waals surface area contributed by atoms with Gasteiger partial charge in [-0.1, -0.05) is 29.2 Å². The highest BCUT2D eigenvalue weighted by molar-refractivity contribution is 8.02. The summed E-state index contributed by atoms with van der Waals surface area (Å²) in [5, 5.41) is 23.4. The molecule has 0 aliphatic rings. The van der Waals surface area contributed by atoms with Crippen LogP contribution in [-0.4, -0.2) is 28.5 Å². The highest BCUT2D eigenvalue weighted by Crippen LogP contribution is 2.31. The molecule has 1 atom stereocenters. The van der Waals surface area contributed by atoms with E-state index in [0.29, 0.717) is 20.7 Å². The third kappa shape index (κ3) is 5.22. The number of nitrogens with zero attached hydrogens (tertiary/aromatic N) is 3. The maximum atomic E-state index is 12.4. The lowest BCUT2D eigenvalue weighted by molar-refractivity contribution is -0.115. The molecule has 0 aliphatic heterocycles. The highest BCUT2D eigenvalue weighted by Gasteiger charge is 2.17. The Morgan fingerprint density at radius 2 is 2.00 bits per heavy atom. The molecule has 28 heavy (non-hydrogen) atoms. The molecule has 0 aliphatic carbocycles. The minimum atomic E-state index is -0.368. The van der Waals surface area contributed by atoms with Crippen molar-refractivity contribution in [2.75, 3.05) is 17.7 Å². The van der Waals surface area contributed by atoms with Gasteiger partial charge in [0.2, 0.25) is 11.0 Å². The fourth-order valence-electron chi connectivity index (χ4n) is 2.22. The largest absolute Gasteiger partial charge is 0.497 e. The number of amides is 1. The van der Waals surface area contributed by atoms with E-state index in [9.17, 15) is 4.79 Å². The Bertz CT molecular complexity index is 998. The lowest BCUT2D eigenvalue weighted by atomic mass is 10.2. The van der Waals surface area contributed by atoms with Crippen molar-refractivity contribution in [3.63, 3.8) is 0 Å². The number of carbonyl (C=O) groups excluding carboxylic acids is 1. The van der Waals surface area contributed by atoms with Gasteiger partial charge in [-0.05, 0) is 49.4 Å². The first-order valence-electron chi connectivity index (χ1n) is 8.29. The molecule has 0 unspecified atom stereocenters. The van der Waals surface area contributed by atoms with E-state index in [4.69, 9.17) is 10.00 Å². The van der Waals surface area contributed by atoms with Crippen molar-refractivity contribution in [2.24, 2.45) is 0 Å². The number of methoxy groups -OCH3 is 1. The number of anilines is 3. The normalized spacial score (nSPS) is 11.3. The number of ether oxygens (including phenoxy) is 1. The Kier molecular flexibility index (Phi) is 6.47. The summed E-state index contributed by atoms with van der Waals surface area (Å²) in [6.07, 6.45) is 0. The van der Waals surface area contributed by atoms with Gasteiger partial charge < -0.3 is 15.4 Å². The van der Waals surface area contributed by atoms with E-state index in [1.165, 1.54) is 23.1 Å². The predicted molar refractivity (Wildman–Crippen MR) is 111 cm³/mol. The van der Waals surface area contributed by atoms with Crippen LogP contribution in [0.5, 0.6) is 5.75 Å². The highest BCUT2D eigenvalue weighted by atomic mass is 32.2. The van der Waals surface area contributed by atoms with Gasteiger partial charge in [0.05, 0.1) is 24.0 Å². The molecule has 1 aromatic heterocycles. The number of hydrogen-bond donors (Lipinski definition) is 2. The topological polar surface area (TPSA) is 99.9 Å². The van der Waals surface area contributed by atoms with Gasteiger partial charge in [-0.15, -0.1) is 10.2 Å². The molecular formula is C19H17N5O2S2. The summed E-state index contributed by atoms with van der Waals surface area (Å²) in [7, 11) is 1.62. The van der Waals surface area contributed by atoms with E-state index in [1.54, 1.807) is 38.3 Å². The number of nitrogens with one attached hydrogen (secondary N) is 2. The van der Waals surface area contributed by atoms with Gasteiger partial charge in [-0.3, -0.25) is 4.79 Å². The van der Waals surface area contributed by atoms with E-state index < -0.39 is 0 Å². The maximum Gasteiger partial charge on any atom is 0.237 e. The monoisotopic (exact) mass is 411 g/mol. The lowest BCUT2D eigenvalue weighted by Crippen LogP contribution is -2.22. The zero-order valence-corrected chi connectivity index (χ0v) is 16.8. The Morgan fingerprint density at radius 3 is 2.71 bits per heavy atom. The van der Waals surface area contributed by atoms with E-state index in [0.717, 1.165) is 11.4 Å². The van der Waals surface area contributed by atoms with Crippen LogP contribution in [0, 0.1) is 11.3 Å². The molecule has 1 amide bonds. The fourth-order valence-corrected chi connectivity index (χ4v) is 4.14. The molecule has 9 heteroatoms. The average Bonchev–Trinajstić information content (AvgIpc) is 3.15. The van der Waals surface area contributed by atoms with Crippen molar-refractivity contribution < 1.29 is 9.53 Å². The number of nitriles is 1. The third-order valence-electron chi connectivity index (χ3n) is 3.65. The van der Waals surface area contributed by atoms with Crippen LogP contribution in [-0.2, 0) is 4.79 Å². The van der Waals surface area contributed by atoms with Crippen LogP contribution in [0.15, 0.2) is 52.9 Å². The Morgan fingerprint density at radius 1 is 1.21 bits per heavy atom. The zero-order valence-electron chi connectivity index (χ0n) is 15.2. The van der Waals surface area contributed by atoms with Gasteiger partial charge in [0.25, 0.3) is 0 Å². The van der Waals surface area contributed by atoms with Crippen LogP contribution >= 0.6 is 23.1 Å². The molecule has 7 nitrogen and oxygen atoms in total. The van der Waals surface area contributed by atoms with Gasteiger partial charge in [-0.25, -0.2) is 0 Å². The number of carbonyl (C=O) groups is 1. The minimum Gasteiger partial charge on any atom is -0.497 e. The Hall–Kier alpha value is -3.09. The first-order valence-corrected chi connectivity index (χ1v) is 9.99. The van der Waals surface area contributed by atoms with Gasteiger partial charge >= 0.3 is 0 Å². The molecule has 142 valence electrons. The van der Waals surface area contributed by atoms with Crippen molar-refractivity contribution in [2.45, 2.75) is 16.5 Å². The molecule has 3 aromatic rings. The molecule has 0 bridgehead atoms. The van der Waals surface area contributed by atoms with Crippen molar-refractivity contribution in [3.8, 4) is 11.8 Å². The predicted octanol–water partition coefficient (Wildman–Crippen LogP) is 4.28. The van der Waals surface area contributed by atoms with Gasteiger partial charge in [-0.2, -0.15) is 5.26 Å². The molecule has 2 aromatic carbocycles. The summed E-state index contributed by atoms with van der Waals surface area (Å²) in [6, 6.07) is 16.3. The quantitative estimate of drug-likeness (QED) is 0.560. The summed E-state index contributed by atoms with van der Waals surface area (Å²) in [5.74, 6) is 0.610. The van der Waals surface area contributed by atoms with Crippen LogP contribution < -0.4 is 15.4 Å². The van der Waals surface area contributed by atoms with Crippen LogP contribution in [0.1, 0.15) is 12.5 Å². The summed E-state index contributed by atoms with van der Waals surface area (Å²) < 4.78 is 5.82. The van der Waals surface area contributed by atoms with E-state index in [-0.39, 0.29) is 11.2 Å². The third-order valence-corrected chi connectivity index (χ3v) is 5.68. The van der Waals surface area contributed by atoms with Crippen LogP contribution in [0.25, 0.3) is 0 Å². The van der Waals surface area contributed by atoms with E-state index in [2.05, 4.69) is 26.9 Å². The second kappa shape index (κ2) is 9.21. The van der Waals surface area contributed by atoms with Crippen molar-refractivity contribution >= 4 is 45.5 Å². The summed E-state index contributed by atoms with van der Waals surface area (Å²) in [5.41, 5.74) is 1.96. The SMILES string of the molecule is COc1ccc(Nc2nnc(S[C@H](C)C(=O)Nc3cccc(C#N)c3)s2)cc1. The summed E-state index contributed by atoms with van der Waals surface area (Å²) >= 11 is 2.70. The molecule has 0 radical (unpaired) electrons. The van der Waals surface area contributed by atoms with E-state index >= 15 is 0 Å². The molecule has 1 heterocycles. The molecule has 0 saturated carbocycles. The van der Waals surface area contributed by atoms with Gasteiger partial charge in [0.15, 0.2) is 4.34 Å². The fraction of sp³-hybridized carbons (Fsp3) is 0.158. The number of rotatable bonds is 7.